The van der Waals surface area contributed by atoms with Gasteiger partial charge in [-0.2, -0.15) is 0 Å². The maximum Gasteiger partial charge on any atom is 0.0510 e. The van der Waals surface area contributed by atoms with Crippen LogP contribution < -0.4 is 5.73 Å². The molecule has 90 valence electrons. The molecule has 0 radical (unpaired) electrons. The number of likely N-dealkylation sites (N-methyl/N-ethyl adjacent to an activating group) is 1. The van der Waals surface area contributed by atoms with E-state index in [1.165, 1.54) is 0 Å². The van der Waals surface area contributed by atoms with Crippen molar-refractivity contribution in [3.63, 3.8) is 0 Å². The standard InChI is InChI=1S/C12H26N2O/c1-5-12(2,3)14(4)11(8-13)10-6-7-15-9-10/h10-11H,5-9,13H2,1-4H3. The molecule has 0 aromatic rings. The van der Waals surface area contributed by atoms with E-state index in [2.05, 4.69) is 32.7 Å². The second-order valence-electron chi connectivity index (χ2n) is 5.20. The first-order valence-corrected chi connectivity index (χ1v) is 6.03. The van der Waals surface area contributed by atoms with Crippen LogP contribution in [-0.2, 0) is 4.74 Å². The van der Waals surface area contributed by atoms with Crippen LogP contribution in [0.2, 0.25) is 0 Å². The molecule has 1 aliphatic rings. The maximum absolute atomic E-state index is 5.91. The second-order valence-corrected chi connectivity index (χ2v) is 5.20. The molecule has 1 fully saturated rings. The molecule has 1 heterocycles. The predicted molar refractivity (Wildman–Crippen MR) is 63.9 cm³/mol. The lowest BCUT2D eigenvalue weighted by Crippen LogP contribution is -2.53. The number of nitrogens with zero attached hydrogens (tertiary/aromatic N) is 1. The fourth-order valence-electron chi connectivity index (χ4n) is 2.22. The van der Waals surface area contributed by atoms with Crippen molar-refractivity contribution >= 4 is 0 Å². The van der Waals surface area contributed by atoms with E-state index < -0.39 is 0 Å². The van der Waals surface area contributed by atoms with E-state index in [0.717, 1.165) is 32.6 Å². The Labute approximate surface area is 94.0 Å². The fraction of sp³-hybridized carbons (Fsp3) is 1.00. The van der Waals surface area contributed by atoms with Crippen LogP contribution in [0.4, 0.5) is 0 Å². The summed E-state index contributed by atoms with van der Waals surface area (Å²) in [4.78, 5) is 2.44. The van der Waals surface area contributed by atoms with E-state index >= 15 is 0 Å². The molecule has 1 aliphatic heterocycles. The zero-order valence-electron chi connectivity index (χ0n) is 10.6. The van der Waals surface area contributed by atoms with Gasteiger partial charge < -0.3 is 10.5 Å². The lowest BCUT2D eigenvalue weighted by Gasteiger charge is -2.42. The molecule has 3 nitrogen and oxygen atoms in total. The Balaban J connectivity index is 2.64. The average Bonchev–Trinajstić information content (AvgIpc) is 2.72. The molecule has 1 rings (SSSR count). The zero-order chi connectivity index (χ0) is 11.5. The van der Waals surface area contributed by atoms with Crippen LogP contribution in [-0.4, -0.2) is 43.3 Å². The van der Waals surface area contributed by atoms with Gasteiger partial charge in [0.2, 0.25) is 0 Å². The van der Waals surface area contributed by atoms with Crippen LogP contribution in [0.15, 0.2) is 0 Å². The van der Waals surface area contributed by atoms with E-state index in [1.807, 2.05) is 0 Å². The number of hydrogen-bond acceptors (Lipinski definition) is 3. The van der Waals surface area contributed by atoms with Gasteiger partial charge in [0.15, 0.2) is 0 Å². The maximum atomic E-state index is 5.91. The van der Waals surface area contributed by atoms with Crippen molar-refractivity contribution in [1.82, 2.24) is 4.90 Å². The lowest BCUT2D eigenvalue weighted by atomic mass is 9.91. The summed E-state index contributed by atoms with van der Waals surface area (Å²) in [6.45, 7) is 9.31. The van der Waals surface area contributed by atoms with Crippen LogP contribution >= 0.6 is 0 Å². The minimum absolute atomic E-state index is 0.229. The van der Waals surface area contributed by atoms with Gasteiger partial charge in [-0.15, -0.1) is 0 Å². The Morgan fingerprint density at radius 2 is 2.20 bits per heavy atom. The Morgan fingerprint density at radius 3 is 2.60 bits per heavy atom. The van der Waals surface area contributed by atoms with Crippen LogP contribution in [0.5, 0.6) is 0 Å². The molecule has 0 aliphatic carbocycles. The summed E-state index contributed by atoms with van der Waals surface area (Å²) in [6, 6.07) is 0.461. The summed E-state index contributed by atoms with van der Waals surface area (Å²) in [5.74, 6) is 0.617. The van der Waals surface area contributed by atoms with Crippen LogP contribution in [0.1, 0.15) is 33.6 Å². The van der Waals surface area contributed by atoms with Gasteiger partial charge in [-0.3, -0.25) is 4.90 Å². The first kappa shape index (κ1) is 12.9. The van der Waals surface area contributed by atoms with Gasteiger partial charge in [0.05, 0.1) is 6.61 Å². The summed E-state index contributed by atoms with van der Waals surface area (Å²) < 4.78 is 5.45. The first-order valence-electron chi connectivity index (χ1n) is 6.03. The Bertz CT molecular complexity index is 188. The van der Waals surface area contributed by atoms with E-state index in [1.54, 1.807) is 0 Å². The molecule has 2 unspecified atom stereocenters. The number of hydrogen-bond donors (Lipinski definition) is 1. The molecule has 0 aromatic heterocycles. The second kappa shape index (κ2) is 5.28. The number of rotatable bonds is 5. The molecule has 15 heavy (non-hydrogen) atoms. The molecule has 0 spiro atoms. The largest absolute Gasteiger partial charge is 0.381 e. The van der Waals surface area contributed by atoms with Gasteiger partial charge in [-0.25, -0.2) is 0 Å². The molecular weight excluding hydrogens is 188 g/mol. The summed E-state index contributed by atoms with van der Waals surface area (Å²) in [7, 11) is 2.19. The summed E-state index contributed by atoms with van der Waals surface area (Å²) >= 11 is 0. The van der Waals surface area contributed by atoms with Crippen molar-refractivity contribution in [2.24, 2.45) is 11.7 Å². The summed E-state index contributed by atoms with van der Waals surface area (Å²) in [6.07, 6.45) is 2.31. The average molecular weight is 214 g/mol. The highest BCUT2D eigenvalue weighted by atomic mass is 16.5. The van der Waals surface area contributed by atoms with E-state index in [4.69, 9.17) is 10.5 Å². The highest BCUT2D eigenvalue weighted by Crippen LogP contribution is 2.26. The van der Waals surface area contributed by atoms with Crippen molar-refractivity contribution in [3.05, 3.63) is 0 Å². The minimum Gasteiger partial charge on any atom is -0.381 e. The molecule has 0 amide bonds. The van der Waals surface area contributed by atoms with E-state index in [0.29, 0.717) is 12.0 Å². The van der Waals surface area contributed by atoms with Gasteiger partial charge in [-0.1, -0.05) is 6.92 Å². The van der Waals surface area contributed by atoms with Gasteiger partial charge >= 0.3 is 0 Å². The number of nitrogens with two attached hydrogens (primary N) is 1. The lowest BCUT2D eigenvalue weighted by molar-refractivity contribution is 0.0607. The Morgan fingerprint density at radius 1 is 1.53 bits per heavy atom. The van der Waals surface area contributed by atoms with Crippen LogP contribution in [0, 0.1) is 5.92 Å². The predicted octanol–water partition coefficient (Wildman–Crippen LogP) is 1.47. The van der Waals surface area contributed by atoms with Gasteiger partial charge in [-0.05, 0) is 33.7 Å². The Kier molecular flexibility index (Phi) is 4.56. The van der Waals surface area contributed by atoms with Crippen molar-refractivity contribution in [3.8, 4) is 0 Å². The quantitative estimate of drug-likeness (QED) is 0.753. The molecule has 2 atom stereocenters. The first-order chi connectivity index (χ1) is 7.03. The summed E-state index contributed by atoms with van der Waals surface area (Å²) in [5, 5.41) is 0. The highest BCUT2D eigenvalue weighted by Gasteiger charge is 2.33. The van der Waals surface area contributed by atoms with Crippen molar-refractivity contribution < 1.29 is 4.74 Å². The van der Waals surface area contributed by atoms with Crippen molar-refractivity contribution in [2.75, 3.05) is 26.8 Å². The monoisotopic (exact) mass is 214 g/mol. The third-order valence-corrected chi connectivity index (χ3v) is 4.07. The molecule has 0 bridgehead atoms. The molecule has 3 heteroatoms. The molecular formula is C12H26N2O. The number of ether oxygens (including phenoxy) is 1. The SMILES string of the molecule is CCC(C)(C)N(C)C(CN)C1CCOC1. The van der Waals surface area contributed by atoms with E-state index in [9.17, 15) is 0 Å². The van der Waals surface area contributed by atoms with Crippen LogP contribution in [0.25, 0.3) is 0 Å². The Hall–Kier alpha value is -0.120. The molecule has 0 aromatic carbocycles. The van der Waals surface area contributed by atoms with Crippen molar-refractivity contribution in [2.45, 2.75) is 45.2 Å². The molecule has 1 saturated heterocycles. The normalized spacial score (nSPS) is 24.8. The smallest absolute Gasteiger partial charge is 0.0510 e. The van der Waals surface area contributed by atoms with E-state index in [-0.39, 0.29) is 5.54 Å². The van der Waals surface area contributed by atoms with Crippen LogP contribution in [0.3, 0.4) is 0 Å². The summed E-state index contributed by atoms with van der Waals surface area (Å²) in [5.41, 5.74) is 6.14. The van der Waals surface area contributed by atoms with Gasteiger partial charge in [0.25, 0.3) is 0 Å². The highest BCUT2D eigenvalue weighted by molar-refractivity contribution is 4.88. The third-order valence-electron chi connectivity index (χ3n) is 4.07. The topological polar surface area (TPSA) is 38.5 Å². The zero-order valence-corrected chi connectivity index (χ0v) is 10.6. The molecule has 2 N–H and O–H groups in total. The van der Waals surface area contributed by atoms with Gasteiger partial charge in [0.1, 0.15) is 0 Å². The van der Waals surface area contributed by atoms with Crippen molar-refractivity contribution in [1.29, 1.82) is 0 Å². The fourth-order valence-corrected chi connectivity index (χ4v) is 2.22. The van der Waals surface area contributed by atoms with Gasteiger partial charge in [0, 0.05) is 30.7 Å². The molecule has 0 saturated carbocycles. The minimum atomic E-state index is 0.229. The third kappa shape index (κ3) is 2.92.